The quantitative estimate of drug-likeness (QED) is 0.483. The van der Waals surface area contributed by atoms with Gasteiger partial charge in [-0.15, -0.1) is 0 Å². The average Bonchev–Trinajstić information content (AvgIpc) is 3.70. The number of carbonyl (C=O) groups excluding carboxylic acids is 3. The molecular formula is C32H48FN5O3. The van der Waals surface area contributed by atoms with Crippen LogP contribution in [0.4, 0.5) is 9.18 Å². The molecule has 4 amide bonds. The molecule has 1 aromatic carbocycles. The summed E-state index contributed by atoms with van der Waals surface area (Å²) in [6, 6.07) is 5.14. The molecule has 4 aliphatic rings. The molecule has 5 rings (SSSR count). The molecule has 0 unspecified atom stereocenters. The number of carbonyl (C=O) groups is 3. The highest BCUT2D eigenvalue weighted by molar-refractivity contribution is 5.88. The number of hydrogen-bond donors (Lipinski definition) is 3. The lowest BCUT2D eigenvalue weighted by atomic mass is 9.63. The number of rotatable bonds is 6. The standard InChI is InChI=1S/C32H48FN5O3/c1-30(2,3)36-28(40)32(24-7-5-4-6-8-24)15-18-37(19-16-32)27(39)26(21-23-9-11-25(33)12-10-23)35-29(41)38-20-17-34-31(22-38)13-14-31/h9-12,24,26,34H,4-8,13-22H2,1-3H3,(H,35,41)(H,36,40)/t26-/m1/s1. The number of urea groups is 1. The first-order valence-corrected chi connectivity index (χ1v) is 15.7. The summed E-state index contributed by atoms with van der Waals surface area (Å²) in [4.78, 5) is 44.8. The maximum Gasteiger partial charge on any atom is 0.318 e. The van der Waals surface area contributed by atoms with E-state index in [9.17, 15) is 18.8 Å². The molecule has 2 heterocycles. The van der Waals surface area contributed by atoms with Crippen molar-refractivity contribution in [2.45, 2.75) is 102 Å². The van der Waals surface area contributed by atoms with Crippen LogP contribution < -0.4 is 16.0 Å². The number of nitrogens with zero attached hydrogens (tertiary/aromatic N) is 2. The minimum absolute atomic E-state index is 0.0367. The number of amides is 4. The molecule has 41 heavy (non-hydrogen) atoms. The normalized spacial score (nSPS) is 23.1. The van der Waals surface area contributed by atoms with Gasteiger partial charge in [0.2, 0.25) is 11.8 Å². The van der Waals surface area contributed by atoms with Crippen molar-refractivity contribution in [2.24, 2.45) is 11.3 Å². The lowest BCUT2D eigenvalue weighted by molar-refractivity contribution is -0.147. The van der Waals surface area contributed by atoms with E-state index >= 15 is 0 Å². The highest BCUT2D eigenvalue weighted by Gasteiger charge is 2.50. The van der Waals surface area contributed by atoms with Gasteiger partial charge < -0.3 is 25.8 Å². The van der Waals surface area contributed by atoms with Gasteiger partial charge in [0.15, 0.2) is 0 Å². The van der Waals surface area contributed by atoms with E-state index in [0.29, 0.717) is 44.9 Å². The molecule has 226 valence electrons. The van der Waals surface area contributed by atoms with Gasteiger partial charge in [-0.25, -0.2) is 9.18 Å². The Kier molecular flexibility index (Phi) is 8.65. The monoisotopic (exact) mass is 569 g/mol. The van der Waals surface area contributed by atoms with Crippen LogP contribution >= 0.6 is 0 Å². The van der Waals surface area contributed by atoms with Crippen molar-refractivity contribution in [1.82, 2.24) is 25.8 Å². The van der Waals surface area contributed by atoms with E-state index in [4.69, 9.17) is 0 Å². The molecule has 2 saturated carbocycles. The van der Waals surface area contributed by atoms with Crippen LogP contribution in [-0.2, 0) is 16.0 Å². The Bertz CT molecular complexity index is 1100. The Morgan fingerprint density at radius 3 is 2.24 bits per heavy atom. The van der Waals surface area contributed by atoms with Crippen LogP contribution in [0.3, 0.4) is 0 Å². The molecular weight excluding hydrogens is 521 g/mol. The third-order valence-corrected chi connectivity index (χ3v) is 9.76. The summed E-state index contributed by atoms with van der Waals surface area (Å²) in [7, 11) is 0. The Labute approximate surface area is 244 Å². The summed E-state index contributed by atoms with van der Waals surface area (Å²) in [5, 5.41) is 9.83. The largest absolute Gasteiger partial charge is 0.351 e. The Balaban J connectivity index is 1.30. The van der Waals surface area contributed by atoms with E-state index in [0.717, 1.165) is 50.6 Å². The molecule has 1 spiro atoms. The molecule has 3 N–H and O–H groups in total. The highest BCUT2D eigenvalue weighted by Crippen LogP contribution is 2.46. The van der Waals surface area contributed by atoms with Gasteiger partial charge in [0, 0.05) is 50.2 Å². The number of halogens is 1. The second-order valence-corrected chi connectivity index (χ2v) is 14.0. The fourth-order valence-electron chi connectivity index (χ4n) is 7.20. The van der Waals surface area contributed by atoms with Crippen LogP contribution in [0, 0.1) is 17.2 Å². The van der Waals surface area contributed by atoms with Crippen LogP contribution in [0.15, 0.2) is 24.3 Å². The van der Waals surface area contributed by atoms with E-state index < -0.39 is 11.5 Å². The molecule has 8 nitrogen and oxygen atoms in total. The van der Waals surface area contributed by atoms with Gasteiger partial charge in [-0.3, -0.25) is 9.59 Å². The number of nitrogens with one attached hydrogen (secondary N) is 3. The van der Waals surface area contributed by atoms with E-state index in [1.54, 1.807) is 12.1 Å². The molecule has 0 aromatic heterocycles. The molecule has 0 bridgehead atoms. The van der Waals surface area contributed by atoms with Crippen LogP contribution in [0.2, 0.25) is 0 Å². The zero-order valence-corrected chi connectivity index (χ0v) is 25.1. The first-order chi connectivity index (χ1) is 19.5. The lowest BCUT2D eigenvalue weighted by Crippen LogP contribution is -2.61. The number of benzene rings is 1. The van der Waals surface area contributed by atoms with Crippen molar-refractivity contribution in [3.63, 3.8) is 0 Å². The summed E-state index contributed by atoms with van der Waals surface area (Å²) in [6.45, 7) is 9.02. The second-order valence-electron chi connectivity index (χ2n) is 14.0. The topological polar surface area (TPSA) is 93.8 Å². The lowest BCUT2D eigenvalue weighted by Gasteiger charge is -2.48. The zero-order valence-electron chi connectivity index (χ0n) is 25.1. The second kappa shape index (κ2) is 11.9. The van der Waals surface area contributed by atoms with E-state index in [-0.39, 0.29) is 41.2 Å². The van der Waals surface area contributed by atoms with Crippen molar-refractivity contribution in [1.29, 1.82) is 0 Å². The Hall–Kier alpha value is -2.68. The van der Waals surface area contributed by atoms with Crippen LogP contribution in [0.5, 0.6) is 0 Å². The molecule has 2 aliphatic carbocycles. The van der Waals surface area contributed by atoms with Gasteiger partial charge in [0.25, 0.3) is 0 Å². The minimum Gasteiger partial charge on any atom is -0.351 e. The van der Waals surface area contributed by atoms with Gasteiger partial charge in [-0.05, 0) is 82.9 Å². The molecule has 0 radical (unpaired) electrons. The molecule has 4 fully saturated rings. The van der Waals surface area contributed by atoms with Gasteiger partial charge >= 0.3 is 6.03 Å². The maximum absolute atomic E-state index is 14.0. The molecule has 2 aliphatic heterocycles. The van der Waals surface area contributed by atoms with E-state index in [2.05, 4.69) is 16.0 Å². The van der Waals surface area contributed by atoms with Crippen molar-refractivity contribution < 1.29 is 18.8 Å². The summed E-state index contributed by atoms with van der Waals surface area (Å²) in [6.07, 6.45) is 9.30. The molecule has 9 heteroatoms. The van der Waals surface area contributed by atoms with Crippen molar-refractivity contribution >= 4 is 17.8 Å². The van der Waals surface area contributed by atoms with E-state index in [1.165, 1.54) is 18.6 Å². The smallest absolute Gasteiger partial charge is 0.318 e. The Morgan fingerprint density at radius 2 is 1.63 bits per heavy atom. The van der Waals surface area contributed by atoms with E-state index in [1.807, 2.05) is 30.6 Å². The van der Waals surface area contributed by atoms with Crippen LogP contribution in [0.25, 0.3) is 0 Å². The maximum atomic E-state index is 14.0. The third kappa shape index (κ3) is 7.04. The first kappa shape index (κ1) is 29.8. The number of piperazine rings is 1. The number of piperidine rings is 1. The fourth-order valence-corrected chi connectivity index (χ4v) is 7.20. The summed E-state index contributed by atoms with van der Waals surface area (Å²) in [5.41, 5.74) is 0.0375. The Morgan fingerprint density at radius 1 is 0.976 bits per heavy atom. The van der Waals surface area contributed by atoms with Gasteiger partial charge in [-0.1, -0.05) is 31.4 Å². The zero-order chi connectivity index (χ0) is 29.3. The summed E-state index contributed by atoms with van der Waals surface area (Å²) >= 11 is 0. The summed E-state index contributed by atoms with van der Waals surface area (Å²) in [5.74, 6) is -0.0202. The molecule has 1 atom stereocenters. The average molecular weight is 570 g/mol. The van der Waals surface area contributed by atoms with Gasteiger partial charge in [0.1, 0.15) is 11.9 Å². The van der Waals surface area contributed by atoms with Gasteiger partial charge in [0.05, 0.1) is 5.41 Å². The number of likely N-dealkylation sites (tertiary alicyclic amines) is 1. The van der Waals surface area contributed by atoms with Gasteiger partial charge in [-0.2, -0.15) is 0 Å². The minimum atomic E-state index is -0.761. The highest BCUT2D eigenvalue weighted by atomic mass is 19.1. The predicted molar refractivity (Wildman–Crippen MR) is 157 cm³/mol. The van der Waals surface area contributed by atoms with Crippen LogP contribution in [0.1, 0.15) is 84.1 Å². The predicted octanol–water partition coefficient (Wildman–Crippen LogP) is 3.99. The fraction of sp³-hybridized carbons (Fsp3) is 0.719. The summed E-state index contributed by atoms with van der Waals surface area (Å²) < 4.78 is 13.6. The third-order valence-electron chi connectivity index (χ3n) is 9.76. The first-order valence-electron chi connectivity index (χ1n) is 15.7. The van der Waals surface area contributed by atoms with Crippen molar-refractivity contribution in [2.75, 3.05) is 32.7 Å². The molecule has 2 saturated heterocycles. The van der Waals surface area contributed by atoms with Crippen molar-refractivity contribution in [3.8, 4) is 0 Å². The van der Waals surface area contributed by atoms with Crippen LogP contribution in [-0.4, -0.2) is 77.5 Å². The SMILES string of the molecule is CC(C)(C)NC(=O)C1(C2CCCCC2)CCN(C(=O)[C@@H](Cc2ccc(F)cc2)NC(=O)N2CCNC3(CC3)C2)CC1. The molecule has 1 aromatic rings. The number of hydrogen-bond acceptors (Lipinski definition) is 4. The van der Waals surface area contributed by atoms with Crippen molar-refractivity contribution in [3.05, 3.63) is 35.6 Å².